The van der Waals surface area contributed by atoms with Gasteiger partial charge in [-0.2, -0.15) is 5.10 Å². The van der Waals surface area contributed by atoms with Gasteiger partial charge in [-0.1, -0.05) is 6.42 Å². The zero-order chi connectivity index (χ0) is 16.4. The summed E-state index contributed by atoms with van der Waals surface area (Å²) in [4.78, 5) is 12.3. The van der Waals surface area contributed by atoms with E-state index in [9.17, 15) is 9.18 Å². The number of nitrogens with two attached hydrogens (primary N) is 1. The summed E-state index contributed by atoms with van der Waals surface area (Å²) >= 11 is 0. The standard InChI is InChI=1S/C17H21FN4O/c1-11-9-20-22(10-11)16-6-5-14(8-15(16)18)21-17(23)12-3-2-4-13(19)7-12/h5-6,8-10,12-13H,2-4,7,19H2,1H3,(H,21,23). The van der Waals surface area contributed by atoms with Crippen molar-refractivity contribution in [1.29, 1.82) is 0 Å². The second-order valence-corrected chi connectivity index (χ2v) is 6.24. The molecule has 122 valence electrons. The van der Waals surface area contributed by atoms with Gasteiger partial charge in [-0.25, -0.2) is 9.07 Å². The minimum atomic E-state index is -0.425. The Morgan fingerprint density at radius 2 is 2.26 bits per heavy atom. The van der Waals surface area contributed by atoms with E-state index in [2.05, 4.69) is 10.4 Å². The number of rotatable bonds is 3. The molecule has 1 aromatic carbocycles. The zero-order valence-electron chi connectivity index (χ0n) is 13.1. The van der Waals surface area contributed by atoms with Crippen LogP contribution in [0.15, 0.2) is 30.6 Å². The highest BCUT2D eigenvalue weighted by molar-refractivity contribution is 5.92. The molecule has 2 unspecified atom stereocenters. The van der Waals surface area contributed by atoms with Gasteiger partial charge in [-0.3, -0.25) is 4.79 Å². The highest BCUT2D eigenvalue weighted by Crippen LogP contribution is 2.25. The Morgan fingerprint density at radius 3 is 2.91 bits per heavy atom. The minimum absolute atomic E-state index is 0.0813. The molecule has 1 aliphatic rings. The summed E-state index contributed by atoms with van der Waals surface area (Å²) in [6.45, 7) is 1.89. The summed E-state index contributed by atoms with van der Waals surface area (Å²) in [7, 11) is 0. The predicted molar refractivity (Wildman–Crippen MR) is 86.8 cm³/mol. The van der Waals surface area contributed by atoms with Crippen molar-refractivity contribution in [2.75, 3.05) is 5.32 Å². The first-order valence-electron chi connectivity index (χ1n) is 7.90. The smallest absolute Gasteiger partial charge is 0.227 e. The second-order valence-electron chi connectivity index (χ2n) is 6.24. The second kappa shape index (κ2) is 6.50. The molecule has 1 aliphatic carbocycles. The summed E-state index contributed by atoms with van der Waals surface area (Å²) < 4.78 is 15.8. The molecule has 2 aromatic rings. The molecule has 0 spiro atoms. The van der Waals surface area contributed by atoms with Crippen LogP contribution in [0.3, 0.4) is 0 Å². The Labute approximate surface area is 134 Å². The third kappa shape index (κ3) is 3.59. The lowest BCUT2D eigenvalue weighted by molar-refractivity contribution is -0.120. The van der Waals surface area contributed by atoms with Crippen LogP contribution in [0.4, 0.5) is 10.1 Å². The van der Waals surface area contributed by atoms with Gasteiger partial charge in [0.2, 0.25) is 5.91 Å². The Morgan fingerprint density at radius 1 is 1.43 bits per heavy atom. The van der Waals surface area contributed by atoms with Gasteiger partial charge in [0.1, 0.15) is 5.69 Å². The molecule has 0 saturated heterocycles. The van der Waals surface area contributed by atoms with E-state index in [1.165, 1.54) is 10.7 Å². The number of carbonyl (C=O) groups is 1. The van der Waals surface area contributed by atoms with E-state index < -0.39 is 5.82 Å². The summed E-state index contributed by atoms with van der Waals surface area (Å²) in [5.74, 6) is -0.594. The highest BCUT2D eigenvalue weighted by atomic mass is 19.1. The highest BCUT2D eigenvalue weighted by Gasteiger charge is 2.25. The van der Waals surface area contributed by atoms with Crippen LogP contribution in [0.5, 0.6) is 0 Å². The van der Waals surface area contributed by atoms with Crippen LogP contribution in [-0.4, -0.2) is 21.7 Å². The maximum absolute atomic E-state index is 14.3. The molecule has 23 heavy (non-hydrogen) atoms. The lowest BCUT2D eigenvalue weighted by atomic mass is 9.85. The number of aromatic nitrogens is 2. The molecule has 1 aromatic heterocycles. The van der Waals surface area contributed by atoms with Crippen LogP contribution < -0.4 is 11.1 Å². The third-order valence-corrected chi connectivity index (χ3v) is 4.26. The first kappa shape index (κ1) is 15.7. The zero-order valence-corrected chi connectivity index (χ0v) is 13.1. The van der Waals surface area contributed by atoms with Gasteiger partial charge >= 0.3 is 0 Å². The maximum atomic E-state index is 14.3. The van der Waals surface area contributed by atoms with Crippen molar-refractivity contribution in [2.24, 2.45) is 11.7 Å². The normalized spacial score (nSPS) is 21.2. The number of benzene rings is 1. The molecule has 6 heteroatoms. The number of hydrogen-bond donors (Lipinski definition) is 2. The first-order valence-corrected chi connectivity index (χ1v) is 7.90. The molecule has 1 heterocycles. The molecule has 2 atom stereocenters. The Kier molecular flexibility index (Phi) is 4.43. The van der Waals surface area contributed by atoms with Gasteiger partial charge in [0.25, 0.3) is 0 Å². The number of amides is 1. The quantitative estimate of drug-likeness (QED) is 0.914. The molecular formula is C17H21FN4O. The molecule has 3 rings (SSSR count). The van der Waals surface area contributed by atoms with Crippen LogP contribution in [0.2, 0.25) is 0 Å². The fraction of sp³-hybridized carbons (Fsp3) is 0.412. The van der Waals surface area contributed by atoms with Gasteiger partial charge in [-0.15, -0.1) is 0 Å². The number of hydrogen-bond acceptors (Lipinski definition) is 3. The van der Waals surface area contributed by atoms with Crippen molar-refractivity contribution in [3.05, 3.63) is 42.0 Å². The van der Waals surface area contributed by atoms with E-state index >= 15 is 0 Å². The summed E-state index contributed by atoms with van der Waals surface area (Å²) in [5.41, 5.74) is 7.69. The first-order chi connectivity index (χ1) is 11.0. The van der Waals surface area contributed by atoms with Gasteiger partial charge in [0.15, 0.2) is 5.82 Å². The Balaban J connectivity index is 1.71. The largest absolute Gasteiger partial charge is 0.328 e. The van der Waals surface area contributed by atoms with Crippen LogP contribution in [0.1, 0.15) is 31.2 Å². The van der Waals surface area contributed by atoms with Crippen LogP contribution in [0.25, 0.3) is 5.69 Å². The molecule has 0 radical (unpaired) electrons. The van der Waals surface area contributed by atoms with Crippen molar-refractivity contribution in [1.82, 2.24) is 9.78 Å². The number of aryl methyl sites for hydroxylation is 1. The van der Waals surface area contributed by atoms with Gasteiger partial charge in [-0.05, 0) is 49.9 Å². The Hall–Kier alpha value is -2.21. The predicted octanol–water partition coefficient (Wildman–Crippen LogP) is 2.78. The molecule has 1 amide bonds. The topological polar surface area (TPSA) is 72.9 Å². The van der Waals surface area contributed by atoms with Crippen LogP contribution in [0, 0.1) is 18.7 Å². The molecule has 1 fully saturated rings. The SMILES string of the molecule is Cc1cnn(-c2ccc(NC(=O)C3CCCC(N)C3)cc2F)c1. The van der Waals surface area contributed by atoms with Crippen LogP contribution >= 0.6 is 0 Å². The van der Waals surface area contributed by atoms with E-state index in [1.54, 1.807) is 24.5 Å². The fourth-order valence-corrected chi connectivity index (χ4v) is 3.03. The average molecular weight is 316 g/mol. The molecule has 3 N–H and O–H groups in total. The monoisotopic (exact) mass is 316 g/mol. The summed E-state index contributed by atoms with van der Waals surface area (Å²) in [5, 5.41) is 6.89. The van der Waals surface area contributed by atoms with Crippen molar-refractivity contribution >= 4 is 11.6 Å². The van der Waals surface area contributed by atoms with Gasteiger partial charge < -0.3 is 11.1 Å². The van der Waals surface area contributed by atoms with Gasteiger partial charge in [0.05, 0.1) is 6.20 Å². The number of anilines is 1. The summed E-state index contributed by atoms with van der Waals surface area (Å²) in [6.07, 6.45) is 6.88. The average Bonchev–Trinajstić information content (AvgIpc) is 2.93. The molecule has 1 saturated carbocycles. The minimum Gasteiger partial charge on any atom is -0.328 e. The lowest BCUT2D eigenvalue weighted by Crippen LogP contribution is -2.34. The molecular weight excluding hydrogens is 295 g/mol. The number of nitrogens with zero attached hydrogens (tertiary/aromatic N) is 2. The van der Waals surface area contributed by atoms with Crippen molar-refractivity contribution in [3.63, 3.8) is 0 Å². The van der Waals surface area contributed by atoms with Crippen molar-refractivity contribution in [2.45, 2.75) is 38.6 Å². The van der Waals surface area contributed by atoms with E-state index in [0.29, 0.717) is 17.8 Å². The number of nitrogens with one attached hydrogen (secondary N) is 1. The van der Waals surface area contributed by atoms with Crippen molar-refractivity contribution in [3.8, 4) is 5.69 Å². The van der Waals surface area contributed by atoms with Crippen LogP contribution in [-0.2, 0) is 4.79 Å². The van der Waals surface area contributed by atoms with E-state index in [0.717, 1.165) is 24.8 Å². The van der Waals surface area contributed by atoms with Crippen molar-refractivity contribution < 1.29 is 9.18 Å². The fourth-order valence-electron chi connectivity index (χ4n) is 3.03. The van der Waals surface area contributed by atoms with E-state index in [1.807, 2.05) is 6.92 Å². The lowest BCUT2D eigenvalue weighted by Gasteiger charge is -2.25. The van der Waals surface area contributed by atoms with Gasteiger partial charge in [0, 0.05) is 23.8 Å². The summed E-state index contributed by atoms with van der Waals surface area (Å²) in [6, 6.07) is 4.72. The Bertz CT molecular complexity index is 712. The third-order valence-electron chi connectivity index (χ3n) is 4.26. The number of halogens is 1. The molecule has 5 nitrogen and oxygen atoms in total. The number of carbonyl (C=O) groups excluding carboxylic acids is 1. The molecule has 0 aliphatic heterocycles. The maximum Gasteiger partial charge on any atom is 0.227 e. The molecule has 0 bridgehead atoms. The van der Waals surface area contributed by atoms with E-state index in [4.69, 9.17) is 5.73 Å². The van der Waals surface area contributed by atoms with E-state index in [-0.39, 0.29) is 17.9 Å².